The van der Waals surface area contributed by atoms with E-state index in [-0.39, 0.29) is 0 Å². The Morgan fingerprint density at radius 3 is 2.00 bits per heavy atom. The van der Waals surface area contributed by atoms with Gasteiger partial charge >= 0.3 is 11.9 Å². The normalized spacial score (nSPS) is 13.6. The maximum atomic E-state index is 11.1. The third-order valence-electron chi connectivity index (χ3n) is 2.20. The van der Waals surface area contributed by atoms with E-state index in [9.17, 15) is 9.59 Å². The highest BCUT2D eigenvalue weighted by Gasteiger charge is 2.24. The molecule has 0 aliphatic rings. The number of esters is 2. The van der Waals surface area contributed by atoms with Gasteiger partial charge in [0.15, 0.2) is 6.10 Å². The predicted octanol–water partition coefficient (Wildman–Crippen LogP) is 2.24. The van der Waals surface area contributed by atoms with Crippen molar-refractivity contribution in [1.82, 2.24) is 0 Å². The lowest BCUT2D eigenvalue weighted by Crippen LogP contribution is -2.25. The fourth-order valence-electron chi connectivity index (χ4n) is 1.58. The summed E-state index contributed by atoms with van der Waals surface area (Å²) in [5.74, 6) is -0.802. The Kier molecular flexibility index (Phi) is 4.69. The lowest BCUT2D eigenvalue weighted by molar-refractivity contribution is -0.164. The zero-order chi connectivity index (χ0) is 12.8. The van der Waals surface area contributed by atoms with Gasteiger partial charge in [0.1, 0.15) is 6.10 Å². The smallest absolute Gasteiger partial charge is 0.303 e. The average Bonchev–Trinajstić information content (AvgIpc) is 2.25. The summed E-state index contributed by atoms with van der Waals surface area (Å²) in [6.45, 7) is 4.35. The van der Waals surface area contributed by atoms with Gasteiger partial charge in [0, 0.05) is 13.8 Å². The molecule has 0 amide bonds. The van der Waals surface area contributed by atoms with Crippen molar-refractivity contribution < 1.29 is 19.1 Å². The number of rotatable bonds is 4. The van der Waals surface area contributed by atoms with Gasteiger partial charge < -0.3 is 9.47 Å². The summed E-state index contributed by atoms with van der Waals surface area (Å²) in [5.41, 5.74) is 0.802. The first kappa shape index (κ1) is 13.2. The van der Waals surface area contributed by atoms with Crippen LogP contribution >= 0.6 is 0 Å². The van der Waals surface area contributed by atoms with Crippen LogP contribution in [0.25, 0.3) is 0 Å². The van der Waals surface area contributed by atoms with Crippen LogP contribution < -0.4 is 0 Å². The van der Waals surface area contributed by atoms with Gasteiger partial charge in [-0.25, -0.2) is 0 Å². The summed E-state index contributed by atoms with van der Waals surface area (Å²) in [5, 5.41) is 0. The number of hydrogen-bond acceptors (Lipinski definition) is 4. The Balaban J connectivity index is 2.87. The standard InChI is InChI=1S/C13H16O4/c1-9(16-10(2)14)13(17-11(3)15)12-7-5-4-6-8-12/h4-9,13H,1-3H3/t9-,13?/m1/s1. The summed E-state index contributed by atoms with van der Waals surface area (Å²) in [6.07, 6.45) is -1.09. The van der Waals surface area contributed by atoms with Crippen molar-refractivity contribution in [3.8, 4) is 0 Å². The highest BCUT2D eigenvalue weighted by molar-refractivity contribution is 5.67. The molecule has 0 saturated heterocycles. The summed E-state index contributed by atoms with van der Waals surface area (Å²) in [7, 11) is 0. The third-order valence-corrected chi connectivity index (χ3v) is 2.20. The first-order chi connectivity index (χ1) is 8.00. The van der Waals surface area contributed by atoms with E-state index in [2.05, 4.69) is 0 Å². The minimum Gasteiger partial charge on any atom is -0.459 e. The molecule has 0 bridgehead atoms. The van der Waals surface area contributed by atoms with E-state index in [1.807, 2.05) is 30.3 Å². The van der Waals surface area contributed by atoms with Crippen LogP contribution in [-0.2, 0) is 19.1 Å². The zero-order valence-electron chi connectivity index (χ0n) is 10.2. The quantitative estimate of drug-likeness (QED) is 0.752. The molecule has 0 saturated carbocycles. The zero-order valence-corrected chi connectivity index (χ0v) is 10.2. The Morgan fingerprint density at radius 2 is 1.53 bits per heavy atom. The Bertz CT molecular complexity index is 386. The lowest BCUT2D eigenvalue weighted by Gasteiger charge is -2.23. The van der Waals surface area contributed by atoms with Crippen molar-refractivity contribution in [3.05, 3.63) is 35.9 Å². The molecule has 0 N–H and O–H groups in total. The van der Waals surface area contributed by atoms with E-state index in [4.69, 9.17) is 9.47 Å². The van der Waals surface area contributed by atoms with Gasteiger partial charge in [-0.1, -0.05) is 30.3 Å². The van der Waals surface area contributed by atoms with E-state index in [1.165, 1.54) is 13.8 Å². The molecule has 0 aromatic heterocycles. The van der Waals surface area contributed by atoms with Crippen molar-refractivity contribution in [2.24, 2.45) is 0 Å². The molecule has 0 aliphatic heterocycles. The molecule has 4 heteroatoms. The highest BCUT2D eigenvalue weighted by Crippen LogP contribution is 2.23. The predicted molar refractivity (Wildman–Crippen MR) is 62.2 cm³/mol. The number of ether oxygens (including phenoxy) is 2. The van der Waals surface area contributed by atoms with Crippen LogP contribution in [0.1, 0.15) is 32.4 Å². The number of carbonyl (C=O) groups is 2. The fraction of sp³-hybridized carbons (Fsp3) is 0.385. The molecule has 0 fully saturated rings. The average molecular weight is 236 g/mol. The van der Waals surface area contributed by atoms with Crippen molar-refractivity contribution >= 4 is 11.9 Å². The highest BCUT2D eigenvalue weighted by atomic mass is 16.6. The van der Waals surface area contributed by atoms with Gasteiger partial charge in [-0.05, 0) is 12.5 Å². The molecule has 1 rings (SSSR count). The second-order valence-electron chi connectivity index (χ2n) is 3.76. The van der Waals surface area contributed by atoms with Gasteiger partial charge in [-0.15, -0.1) is 0 Å². The van der Waals surface area contributed by atoms with Crippen molar-refractivity contribution in [2.75, 3.05) is 0 Å². The van der Waals surface area contributed by atoms with Gasteiger partial charge in [0.25, 0.3) is 0 Å². The second-order valence-corrected chi connectivity index (χ2v) is 3.76. The molecule has 2 atom stereocenters. The van der Waals surface area contributed by atoms with Crippen molar-refractivity contribution in [1.29, 1.82) is 0 Å². The Hall–Kier alpha value is -1.84. The van der Waals surface area contributed by atoms with E-state index in [1.54, 1.807) is 6.92 Å². The second kappa shape index (κ2) is 6.03. The molecular weight excluding hydrogens is 220 g/mol. The third kappa shape index (κ3) is 4.26. The van der Waals surface area contributed by atoms with Gasteiger partial charge in [-0.2, -0.15) is 0 Å². The van der Waals surface area contributed by atoms with Gasteiger partial charge in [-0.3, -0.25) is 9.59 Å². The first-order valence-electron chi connectivity index (χ1n) is 5.40. The minimum absolute atomic E-state index is 0.398. The molecular formula is C13H16O4. The molecule has 17 heavy (non-hydrogen) atoms. The van der Waals surface area contributed by atoms with E-state index < -0.39 is 24.1 Å². The number of benzene rings is 1. The molecule has 4 nitrogen and oxygen atoms in total. The van der Waals surface area contributed by atoms with Crippen molar-refractivity contribution in [3.63, 3.8) is 0 Å². The van der Waals surface area contributed by atoms with E-state index in [0.717, 1.165) is 5.56 Å². The summed E-state index contributed by atoms with van der Waals surface area (Å²) >= 11 is 0. The van der Waals surface area contributed by atoms with Crippen molar-refractivity contribution in [2.45, 2.75) is 33.0 Å². The van der Waals surface area contributed by atoms with Gasteiger partial charge in [0.05, 0.1) is 0 Å². The maximum Gasteiger partial charge on any atom is 0.303 e. The van der Waals surface area contributed by atoms with Crippen LogP contribution in [0.2, 0.25) is 0 Å². The van der Waals surface area contributed by atoms with Crippen LogP contribution in [0.3, 0.4) is 0 Å². The largest absolute Gasteiger partial charge is 0.459 e. The SMILES string of the molecule is CC(=O)OC(c1ccccc1)[C@@H](C)OC(C)=O. The molecule has 0 aliphatic carbocycles. The summed E-state index contributed by atoms with van der Waals surface area (Å²) in [4.78, 5) is 22.0. The molecule has 0 heterocycles. The lowest BCUT2D eigenvalue weighted by atomic mass is 10.1. The monoisotopic (exact) mass is 236 g/mol. The topological polar surface area (TPSA) is 52.6 Å². The fourth-order valence-corrected chi connectivity index (χ4v) is 1.58. The molecule has 1 aromatic carbocycles. The van der Waals surface area contributed by atoms with Gasteiger partial charge in [0.2, 0.25) is 0 Å². The van der Waals surface area contributed by atoms with Crippen LogP contribution in [-0.4, -0.2) is 18.0 Å². The van der Waals surface area contributed by atoms with E-state index >= 15 is 0 Å². The molecule has 0 spiro atoms. The van der Waals surface area contributed by atoms with Crippen LogP contribution in [0, 0.1) is 0 Å². The Morgan fingerprint density at radius 1 is 1.00 bits per heavy atom. The number of carbonyl (C=O) groups excluding carboxylic acids is 2. The number of hydrogen-bond donors (Lipinski definition) is 0. The van der Waals surface area contributed by atoms with Crippen LogP contribution in [0.5, 0.6) is 0 Å². The molecule has 1 unspecified atom stereocenters. The van der Waals surface area contributed by atoms with E-state index in [0.29, 0.717) is 0 Å². The maximum absolute atomic E-state index is 11.1. The Labute approximate surface area is 101 Å². The molecule has 0 radical (unpaired) electrons. The minimum atomic E-state index is -0.572. The molecule has 1 aromatic rings. The van der Waals surface area contributed by atoms with Crippen LogP contribution in [0.4, 0.5) is 0 Å². The first-order valence-corrected chi connectivity index (χ1v) is 5.40. The summed E-state index contributed by atoms with van der Waals surface area (Å²) < 4.78 is 10.2. The summed E-state index contributed by atoms with van der Waals surface area (Å²) in [6, 6.07) is 9.20. The molecule has 92 valence electrons. The van der Waals surface area contributed by atoms with Crippen LogP contribution in [0.15, 0.2) is 30.3 Å².